The molecule has 0 radical (unpaired) electrons. The molecule has 160 valence electrons. The molecule has 3 aromatic carbocycles. The molecule has 0 N–H and O–H groups in total. The summed E-state index contributed by atoms with van der Waals surface area (Å²) in [6.07, 6.45) is -1.02. The summed E-state index contributed by atoms with van der Waals surface area (Å²) >= 11 is 0. The van der Waals surface area contributed by atoms with E-state index in [1.54, 1.807) is 24.3 Å². The summed E-state index contributed by atoms with van der Waals surface area (Å²) in [5, 5.41) is 12.7. The zero-order valence-electron chi connectivity index (χ0n) is 17.1. The van der Waals surface area contributed by atoms with Gasteiger partial charge < -0.3 is 0 Å². The maximum Gasteiger partial charge on any atom is 0.271 e. The molecule has 8 nitrogen and oxygen atoms in total. The number of benzene rings is 3. The van der Waals surface area contributed by atoms with Crippen LogP contribution >= 0.6 is 0 Å². The van der Waals surface area contributed by atoms with Crippen LogP contribution in [0, 0.1) is 23.0 Å². The number of nitro groups is 1. The number of hydroxylamine groups is 1. The number of imide groups is 1. The van der Waals surface area contributed by atoms with E-state index >= 15 is 0 Å². The first kappa shape index (κ1) is 19.9. The van der Waals surface area contributed by atoms with Gasteiger partial charge in [0.15, 0.2) is 6.10 Å². The quantitative estimate of drug-likeness (QED) is 0.354. The van der Waals surface area contributed by atoms with Crippen molar-refractivity contribution in [3.05, 3.63) is 100 Å². The van der Waals surface area contributed by atoms with Crippen molar-refractivity contribution >= 4 is 28.9 Å². The topological polar surface area (TPSA) is 93.0 Å². The van der Waals surface area contributed by atoms with Crippen molar-refractivity contribution in [3.8, 4) is 0 Å². The van der Waals surface area contributed by atoms with Gasteiger partial charge in [0.05, 0.1) is 22.3 Å². The van der Waals surface area contributed by atoms with Crippen molar-refractivity contribution in [2.45, 2.75) is 19.1 Å². The van der Waals surface area contributed by atoms with Crippen LogP contribution in [0.5, 0.6) is 0 Å². The Labute approximate surface area is 183 Å². The molecule has 2 saturated heterocycles. The third kappa shape index (κ3) is 3.04. The lowest BCUT2D eigenvalue weighted by Gasteiger charge is -2.29. The third-order valence-corrected chi connectivity index (χ3v) is 5.91. The van der Waals surface area contributed by atoms with Crippen molar-refractivity contribution in [1.29, 1.82) is 0 Å². The van der Waals surface area contributed by atoms with Gasteiger partial charge >= 0.3 is 0 Å². The third-order valence-electron chi connectivity index (χ3n) is 5.91. The van der Waals surface area contributed by atoms with E-state index in [1.165, 1.54) is 22.1 Å². The number of nitro benzene ring substituents is 1. The second-order valence-electron chi connectivity index (χ2n) is 7.81. The van der Waals surface area contributed by atoms with Gasteiger partial charge in [-0.15, -0.1) is 0 Å². The van der Waals surface area contributed by atoms with E-state index < -0.39 is 28.9 Å². The average Bonchev–Trinajstić information content (AvgIpc) is 3.31. The summed E-state index contributed by atoms with van der Waals surface area (Å²) in [6.45, 7) is 1.84. The normalized spacial score (nSPS) is 22.3. The summed E-state index contributed by atoms with van der Waals surface area (Å²) in [6, 6.07) is 21.8. The van der Waals surface area contributed by atoms with Crippen LogP contribution in [0.1, 0.15) is 17.2 Å². The second-order valence-corrected chi connectivity index (χ2v) is 7.81. The van der Waals surface area contributed by atoms with E-state index in [2.05, 4.69) is 0 Å². The van der Waals surface area contributed by atoms with Gasteiger partial charge in [-0.1, -0.05) is 54.6 Å². The van der Waals surface area contributed by atoms with Gasteiger partial charge in [0.25, 0.3) is 11.6 Å². The molecule has 0 saturated carbocycles. The van der Waals surface area contributed by atoms with Crippen molar-refractivity contribution in [2.24, 2.45) is 5.92 Å². The molecule has 5 rings (SSSR count). The molecule has 2 heterocycles. The number of fused-ring (bicyclic) bond motifs is 1. The maximum absolute atomic E-state index is 13.6. The highest BCUT2D eigenvalue weighted by atomic mass is 16.7. The summed E-state index contributed by atoms with van der Waals surface area (Å²) in [7, 11) is 0. The SMILES string of the molecule is Cc1ccccc1N1C(=O)C2ON(c3cccc([N+](=O)[O-])c3)C(c3ccccc3)C2C1=O. The monoisotopic (exact) mass is 429 g/mol. The number of aryl methyl sites for hydroxylation is 1. The molecule has 0 bridgehead atoms. The number of rotatable bonds is 4. The molecule has 3 atom stereocenters. The highest BCUT2D eigenvalue weighted by Crippen LogP contribution is 2.48. The van der Waals surface area contributed by atoms with Gasteiger partial charge in [0.1, 0.15) is 5.92 Å². The number of para-hydroxylation sites is 1. The molecular weight excluding hydrogens is 410 g/mol. The Morgan fingerprint density at radius 1 is 0.906 bits per heavy atom. The predicted molar refractivity (Wildman–Crippen MR) is 117 cm³/mol. The molecule has 2 aliphatic heterocycles. The standard InChI is InChI=1S/C24H19N3O5/c1-15-8-5-6-13-19(15)25-23(28)20-21(16-9-3-2-4-10-16)26(32-22(20)24(25)29)17-11-7-12-18(14-17)27(30)31/h2-14,20-22H,1H3. The zero-order chi connectivity index (χ0) is 22.4. The van der Waals surface area contributed by atoms with Crippen LogP contribution in [-0.2, 0) is 14.4 Å². The summed E-state index contributed by atoms with van der Waals surface area (Å²) < 4.78 is 0. The van der Waals surface area contributed by atoms with Crippen LogP contribution in [0.3, 0.4) is 0 Å². The number of hydrogen-bond donors (Lipinski definition) is 0. The Morgan fingerprint density at radius 3 is 2.34 bits per heavy atom. The van der Waals surface area contributed by atoms with Crippen LogP contribution in [0.25, 0.3) is 0 Å². The molecule has 2 amide bonds. The predicted octanol–water partition coefficient (Wildman–Crippen LogP) is 3.95. The van der Waals surface area contributed by atoms with E-state index in [4.69, 9.17) is 4.84 Å². The van der Waals surface area contributed by atoms with Crippen LogP contribution in [0.15, 0.2) is 78.9 Å². The lowest BCUT2D eigenvalue weighted by Crippen LogP contribution is -2.37. The Kier molecular flexibility index (Phi) is 4.71. The van der Waals surface area contributed by atoms with E-state index in [0.29, 0.717) is 11.4 Å². The van der Waals surface area contributed by atoms with Crippen molar-refractivity contribution in [2.75, 3.05) is 9.96 Å². The Morgan fingerprint density at radius 2 is 1.62 bits per heavy atom. The Hall–Kier alpha value is -4.04. The number of anilines is 2. The molecule has 0 aromatic heterocycles. The van der Waals surface area contributed by atoms with Gasteiger partial charge in [0, 0.05) is 12.1 Å². The van der Waals surface area contributed by atoms with Gasteiger partial charge in [-0.2, -0.15) is 0 Å². The minimum absolute atomic E-state index is 0.103. The first-order valence-corrected chi connectivity index (χ1v) is 10.2. The first-order chi connectivity index (χ1) is 15.5. The maximum atomic E-state index is 13.6. The van der Waals surface area contributed by atoms with Gasteiger partial charge in [-0.25, -0.2) is 9.96 Å². The summed E-state index contributed by atoms with van der Waals surface area (Å²) in [5.41, 5.74) is 2.43. The number of non-ortho nitro benzene ring substituents is 1. The van der Waals surface area contributed by atoms with E-state index in [0.717, 1.165) is 11.1 Å². The minimum Gasteiger partial charge on any atom is -0.273 e. The van der Waals surface area contributed by atoms with Crippen LogP contribution in [0.4, 0.5) is 17.1 Å². The number of amides is 2. The van der Waals surface area contributed by atoms with Crippen molar-refractivity contribution in [3.63, 3.8) is 0 Å². The fourth-order valence-corrected chi connectivity index (χ4v) is 4.42. The summed E-state index contributed by atoms with van der Waals surface area (Å²) in [5.74, 6) is -1.58. The Balaban J connectivity index is 1.60. The fourth-order valence-electron chi connectivity index (χ4n) is 4.42. The largest absolute Gasteiger partial charge is 0.273 e. The van der Waals surface area contributed by atoms with Crippen molar-refractivity contribution in [1.82, 2.24) is 0 Å². The lowest BCUT2D eigenvalue weighted by atomic mass is 9.90. The van der Waals surface area contributed by atoms with Crippen LogP contribution in [-0.4, -0.2) is 22.8 Å². The smallest absolute Gasteiger partial charge is 0.271 e. The fraction of sp³-hybridized carbons (Fsp3) is 0.167. The highest BCUT2D eigenvalue weighted by molar-refractivity contribution is 6.24. The van der Waals surface area contributed by atoms with Crippen LogP contribution < -0.4 is 9.96 Å². The number of carbonyl (C=O) groups excluding carboxylic acids is 2. The van der Waals surface area contributed by atoms with Crippen molar-refractivity contribution < 1.29 is 19.3 Å². The zero-order valence-corrected chi connectivity index (χ0v) is 17.1. The molecule has 0 aliphatic carbocycles. The van der Waals surface area contributed by atoms with Gasteiger partial charge in [-0.05, 0) is 30.2 Å². The van der Waals surface area contributed by atoms with Gasteiger partial charge in [-0.3, -0.25) is 24.5 Å². The second kappa shape index (κ2) is 7.58. The molecule has 3 aromatic rings. The van der Waals surface area contributed by atoms with E-state index in [-0.39, 0.29) is 11.6 Å². The van der Waals surface area contributed by atoms with Gasteiger partial charge in [0.2, 0.25) is 5.91 Å². The molecule has 8 heteroatoms. The van der Waals surface area contributed by atoms with E-state index in [9.17, 15) is 19.7 Å². The molecule has 0 spiro atoms. The van der Waals surface area contributed by atoms with Crippen LogP contribution in [0.2, 0.25) is 0 Å². The number of carbonyl (C=O) groups is 2. The van der Waals surface area contributed by atoms with E-state index in [1.807, 2.05) is 49.4 Å². The highest BCUT2D eigenvalue weighted by Gasteiger charge is 2.60. The summed E-state index contributed by atoms with van der Waals surface area (Å²) in [4.78, 5) is 44.9. The molecular formula is C24H19N3O5. The average molecular weight is 429 g/mol. The first-order valence-electron chi connectivity index (χ1n) is 10.2. The Bertz CT molecular complexity index is 1230. The molecule has 2 fully saturated rings. The number of nitrogens with zero attached hydrogens (tertiary/aromatic N) is 3. The molecule has 2 aliphatic rings. The number of hydrogen-bond acceptors (Lipinski definition) is 6. The minimum atomic E-state index is -1.02. The lowest BCUT2D eigenvalue weighted by molar-refractivity contribution is -0.384. The molecule has 32 heavy (non-hydrogen) atoms. The molecule has 3 unspecified atom stereocenters.